The smallest absolute Gasteiger partial charge is 0.241 e. The molecule has 28 heavy (non-hydrogen) atoms. The predicted molar refractivity (Wildman–Crippen MR) is 112 cm³/mol. The van der Waals surface area contributed by atoms with Crippen molar-refractivity contribution in [2.24, 2.45) is 0 Å². The minimum Gasteiger partial charge on any atom is -0.394 e. The topological polar surface area (TPSA) is 75.6 Å². The van der Waals surface area contributed by atoms with E-state index in [1.54, 1.807) is 0 Å². The van der Waals surface area contributed by atoms with Gasteiger partial charge in [0, 0.05) is 6.54 Å². The lowest BCUT2D eigenvalue weighted by Crippen LogP contribution is -2.31. The summed E-state index contributed by atoms with van der Waals surface area (Å²) < 4.78 is 34.7. The van der Waals surface area contributed by atoms with Crippen LogP contribution in [0.1, 0.15) is 45.0 Å². The lowest BCUT2D eigenvalue weighted by Gasteiger charge is -2.22. The number of ether oxygens (including phenoxy) is 1. The molecule has 0 aliphatic carbocycles. The van der Waals surface area contributed by atoms with Crippen molar-refractivity contribution in [3.05, 3.63) is 63.2 Å². The van der Waals surface area contributed by atoms with Gasteiger partial charge in [0.25, 0.3) is 0 Å². The van der Waals surface area contributed by atoms with E-state index in [1.807, 2.05) is 65.8 Å². The Kier molecular flexibility index (Phi) is 7.39. The van der Waals surface area contributed by atoms with Gasteiger partial charge in [-0.2, -0.15) is 0 Å². The molecule has 0 fully saturated rings. The zero-order valence-corrected chi connectivity index (χ0v) is 18.4. The van der Waals surface area contributed by atoms with Gasteiger partial charge in [0.15, 0.2) is 0 Å². The van der Waals surface area contributed by atoms with Crippen molar-refractivity contribution in [3.8, 4) is 0 Å². The largest absolute Gasteiger partial charge is 0.394 e. The van der Waals surface area contributed by atoms with Crippen molar-refractivity contribution >= 4 is 10.0 Å². The summed E-state index contributed by atoms with van der Waals surface area (Å²) in [5.74, 6) is 0. The standard InChI is InChI=1S/C22H31NO4S/c1-14-7-9-20(10-8-14)21(27-12-11-24)13-23-28(25,26)22-18(5)16(3)15(2)17(4)19(22)6/h7-10,21,23-24H,11-13H2,1-6H3. The number of benzene rings is 2. The van der Waals surface area contributed by atoms with E-state index >= 15 is 0 Å². The molecule has 1 unspecified atom stereocenters. The van der Waals surface area contributed by atoms with E-state index in [4.69, 9.17) is 9.84 Å². The Morgan fingerprint density at radius 3 is 1.89 bits per heavy atom. The van der Waals surface area contributed by atoms with Crippen LogP contribution in [-0.4, -0.2) is 33.3 Å². The molecule has 0 heterocycles. The molecule has 2 aromatic carbocycles. The molecule has 1 atom stereocenters. The summed E-state index contributed by atoms with van der Waals surface area (Å²) in [7, 11) is -3.71. The van der Waals surface area contributed by atoms with E-state index < -0.39 is 16.1 Å². The third kappa shape index (κ3) is 4.81. The minimum absolute atomic E-state index is 0.0935. The molecule has 0 amide bonds. The van der Waals surface area contributed by atoms with Crippen molar-refractivity contribution in [1.82, 2.24) is 4.72 Å². The maximum absolute atomic E-state index is 13.1. The van der Waals surface area contributed by atoms with Crippen molar-refractivity contribution in [2.75, 3.05) is 19.8 Å². The molecule has 0 saturated carbocycles. The Hall–Kier alpha value is -1.73. The molecule has 0 saturated heterocycles. The van der Waals surface area contributed by atoms with Gasteiger partial charge in [0.2, 0.25) is 10.0 Å². The Morgan fingerprint density at radius 1 is 0.893 bits per heavy atom. The zero-order valence-electron chi connectivity index (χ0n) is 17.6. The second-order valence-corrected chi connectivity index (χ2v) is 9.00. The minimum atomic E-state index is -3.71. The van der Waals surface area contributed by atoms with E-state index in [9.17, 15) is 8.42 Å². The van der Waals surface area contributed by atoms with Crippen LogP contribution < -0.4 is 4.72 Å². The van der Waals surface area contributed by atoms with Crippen LogP contribution >= 0.6 is 0 Å². The second kappa shape index (κ2) is 9.18. The zero-order chi connectivity index (χ0) is 21.1. The first-order chi connectivity index (χ1) is 13.1. The fraction of sp³-hybridized carbons (Fsp3) is 0.455. The summed E-state index contributed by atoms with van der Waals surface area (Å²) in [5.41, 5.74) is 6.64. The Balaban J connectivity index is 2.33. The third-order valence-electron chi connectivity index (χ3n) is 5.52. The van der Waals surface area contributed by atoms with Crippen LogP contribution in [0.25, 0.3) is 0 Å². The summed E-state index contributed by atoms with van der Waals surface area (Å²) in [6.07, 6.45) is -0.476. The number of aryl methyl sites for hydroxylation is 1. The molecule has 0 spiro atoms. The van der Waals surface area contributed by atoms with Crippen LogP contribution in [0.15, 0.2) is 29.2 Å². The number of rotatable bonds is 8. The van der Waals surface area contributed by atoms with Crippen molar-refractivity contribution in [3.63, 3.8) is 0 Å². The lowest BCUT2D eigenvalue weighted by atomic mass is 9.95. The fourth-order valence-electron chi connectivity index (χ4n) is 3.38. The summed E-state index contributed by atoms with van der Waals surface area (Å²) in [6, 6.07) is 7.75. The SMILES string of the molecule is Cc1ccc(C(CNS(=O)(=O)c2c(C)c(C)c(C)c(C)c2C)OCCO)cc1. The van der Waals surface area contributed by atoms with Gasteiger partial charge in [-0.1, -0.05) is 29.8 Å². The maximum Gasteiger partial charge on any atom is 0.241 e. The Labute approximate surface area is 168 Å². The Bertz CT molecular complexity index is 905. The van der Waals surface area contributed by atoms with Crippen LogP contribution in [0, 0.1) is 41.5 Å². The van der Waals surface area contributed by atoms with Gasteiger partial charge in [0.05, 0.1) is 24.2 Å². The second-order valence-electron chi connectivity index (χ2n) is 7.30. The van der Waals surface area contributed by atoms with Crippen LogP contribution in [0.4, 0.5) is 0 Å². The Morgan fingerprint density at radius 2 is 1.39 bits per heavy atom. The fourth-order valence-corrected chi connectivity index (χ4v) is 5.00. The highest BCUT2D eigenvalue weighted by Gasteiger charge is 2.25. The average molecular weight is 406 g/mol. The summed E-state index contributed by atoms with van der Waals surface area (Å²) in [6.45, 7) is 11.7. The predicted octanol–water partition coefficient (Wildman–Crippen LogP) is 3.57. The molecule has 2 rings (SSSR count). The van der Waals surface area contributed by atoms with Gasteiger partial charge in [-0.25, -0.2) is 13.1 Å². The number of aliphatic hydroxyl groups is 1. The molecule has 0 aliphatic rings. The molecule has 0 aliphatic heterocycles. The number of hydrogen-bond donors (Lipinski definition) is 2. The van der Waals surface area contributed by atoms with Gasteiger partial charge < -0.3 is 9.84 Å². The molecule has 5 nitrogen and oxygen atoms in total. The number of hydrogen-bond acceptors (Lipinski definition) is 4. The molecule has 6 heteroatoms. The first-order valence-electron chi connectivity index (χ1n) is 9.45. The lowest BCUT2D eigenvalue weighted by molar-refractivity contribution is 0.0309. The summed E-state index contributed by atoms with van der Waals surface area (Å²) in [5, 5.41) is 9.11. The van der Waals surface area contributed by atoms with E-state index in [2.05, 4.69) is 4.72 Å². The number of sulfonamides is 1. The highest BCUT2D eigenvalue weighted by Crippen LogP contribution is 2.29. The van der Waals surface area contributed by atoms with Gasteiger partial charge in [-0.3, -0.25) is 0 Å². The highest BCUT2D eigenvalue weighted by molar-refractivity contribution is 7.89. The van der Waals surface area contributed by atoms with Crippen LogP contribution in [0.5, 0.6) is 0 Å². The summed E-state index contributed by atoms with van der Waals surface area (Å²) >= 11 is 0. The van der Waals surface area contributed by atoms with Crippen LogP contribution in [0.3, 0.4) is 0 Å². The number of nitrogens with one attached hydrogen (secondary N) is 1. The van der Waals surface area contributed by atoms with E-state index in [-0.39, 0.29) is 19.8 Å². The van der Waals surface area contributed by atoms with E-state index in [0.717, 1.165) is 38.9 Å². The molecule has 0 bridgehead atoms. The maximum atomic E-state index is 13.1. The van der Waals surface area contributed by atoms with Crippen molar-refractivity contribution in [1.29, 1.82) is 0 Å². The monoisotopic (exact) mass is 405 g/mol. The van der Waals surface area contributed by atoms with Crippen LogP contribution in [-0.2, 0) is 14.8 Å². The first-order valence-corrected chi connectivity index (χ1v) is 10.9. The average Bonchev–Trinajstić information content (AvgIpc) is 2.65. The van der Waals surface area contributed by atoms with Crippen LogP contribution in [0.2, 0.25) is 0 Å². The molecule has 0 aromatic heterocycles. The molecule has 0 radical (unpaired) electrons. The quantitative estimate of drug-likeness (QED) is 0.704. The highest BCUT2D eigenvalue weighted by atomic mass is 32.2. The van der Waals surface area contributed by atoms with E-state index in [1.165, 1.54) is 0 Å². The molecular formula is C22H31NO4S. The van der Waals surface area contributed by atoms with Gasteiger partial charge >= 0.3 is 0 Å². The van der Waals surface area contributed by atoms with Gasteiger partial charge in [-0.05, 0) is 74.9 Å². The van der Waals surface area contributed by atoms with Crippen molar-refractivity contribution in [2.45, 2.75) is 52.5 Å². The van der Waals surface area contributed by atoms with Gasteiger partial charge in [0.1, 0.15) is 0 Å². The molecular weight excluding hydrogens is 374 g/mol. The molecule has 2 aromatic rings. The molecule has 2 N–H and O–H groups in total. The van der Waals surface area contributed by atoms with Crippen molar-refractivity contribution < 1.29 is 18.3 Å². The third-order valence-corrected chi connectivity index (χ3v) is 7.21. The number of aliphatic hydroxyl groups excluding tert-OH is 1. The van der Waals surface area contributed by atoms with E-state index in [0.29, 0.717) is 4.90 Å². The summed E-state index contributed by atoms with van der Waals surface area (Å²) in [4.78, 5) is 0.345. The normalized spacial score (nSPS) is 13.0. The first kappa shape index (κ1) is 22.6. The molecule has 154 valence electrons. The van der Waals surface area contributed by atoms with Gasteiger partial charge in [-0.15, -0.1) is 0 Å².